The number of nitrogens with zero attached hydrogens (tertiary/aromatic N) is 2. The second kappa shape index (κ2) is 6.12. The molecule has 1 heterocycles. The second-order valence-corrected chi connectivity index (χ2v) is 5.53. The van der Waals surface area contributed by atoms with Gasteiger partial charge in [-0.25, -0.2) is 0 Å². The van der Waals surface area contributed by atoms with Crippen LogP contribution in [0.3, 0.4) is 0 Å². The standard InChI is InChI=1S/C17H25N3/c1-6-7-15-8-10-16(11-9-15)12(2)18-17-13(3)19-20(5)14(17)4/h8-12,18H,6-7H2,1-5H3. The van der Waals surface area contributed by atoms with Crippen molar-refractivity contribution in [2.75, 3.05) is 5.32 Å². The molecule has 1 unspecified atom stereocenters. The Labute approximate surface area is 122 Å². The molecule has 1 N–H and O–H groups in total. The molecule has 1 aromatic heterocycles. The van der Waals surface area contributed by atoms with Gasteiger partial charge >= 0.3 is 0 Å². The topological polar surface area (TPSA) is 29.9 Å². The Balaban J connectivity index is 2.13. The van der Waals surface area contributed by atoms with Gasteiger partial charge in [0.15, 0.2) is 0 Å². The van der Waals surface area contributed by atoms with Gasteiger partial charge in [-0.1, -0.05) is 37.6 Å². The molecular formula is C17H25N3. The third kappa shape index (κ3) is 3.03. The third-order valence-corrected chi connectivity index (χ3v) is 3.89. The van der Waals surface area contributed by atoms with Crippen molar-refractivity contribution in [3.8, 4) is 0 Å². The van der Waals surface area contributed by atoms with Crippen molar-refractivity contribution < 1.29 is 0 Å². The minimum atomic E-state index is 0.285. The van der Waals surface area contributed by atoms with Crippen molar-refractivity contribution in [3.63, 3.8) is 0 Å². The molecule has 3 nitrogen and oxygen atoms in total. The molecule has 0 aliphatic carbocycles. The molecule has 0 spiro atoms. The third-order valence-electron chi connectivity index (χ3n) is 3.89. The first-order valence-electron chi connectivity index (χ1n) is 7.38. The first-order chi connectivity index (χ1) is 9.52. The highest BCUT2D eigenvalue weighted by Gasteiger charge is 2.12. The summed E-state index contributed by atoms with van der Waals surface area (Å²) < 4.78 is 1.93. The van der Waals surface area contributed by atoms with Crippen LogP contribution in [-0.4, -0.2) is 9.78 Å². The Morgan fingerprint density at radius 3 is 2.35 bits per heavy atom. The normalized spacial score (nSPS) is 12.4. The minimum Gasteiger partial charge on any atom is -0.376 e. The largest absolute Gasteiger partial charge is 0.376 e. The Morgan fingerprint density at radius 2 is 1.85 bits per heavy atom. The Kier molecular flexibility index (Phi) is 4.48. The van der Waals surface area contributed by atoms with E-state index in [0.717, 1.165) is 17.8 Å². The molecule has 0 radical (unpaired) electrons. The highest BCUT2D eigenvalue weighted by molar-refractivity contribution is 5.53. The molecule has 0 aliphatic heterocycles. The van der Waals surface area contributed by atoms with Crippen molar-refractivity contribution >= 4 is 5.69 Å². The van der Waals surface area contributed by atoms with E-state index in [4.69, 9.17) is 0 Å². The van der Waals surface area contributed by atoms with Crippen molar-refractivity contribution in [2.24, 2.45) is 7.05 Å². The predicted molar refractivity (Wildman–Crippen MR) is 85.2 cm³/mol. The molecule has 0 amide bonds. The van der Waals surface area contributed by atoms with Crippen molar-refractivity contribution in [1.29, 1.82) is 0 Å². The Bertz CT molecular complexity index is 567. The van der Waals surface area contributed by atoms with Crippen LogP contribution in [0, 0.1) is 13.8 Å². The van der Waals surface area contributed by atoms with E-state index < -0.39 is 0 Å². The minimum absolute atomic E-state index is 0.285. The summed E-state index contributed by atoms with van der Waals surface area (Å²) in [7, 11) is 1.98. The fraction of sp³-hybridized carbons (Fsp3) is 0.471. The molecule has 1 atom stereocenters. The van der Waals surface area contributed by atoms with Gasteiger partial charge in [-0.05, 0) is 38.3 Å². The van der Waals surface area contributed by atoms with Crippen LogP contribution < -0.4 is 5.32 Å². The van der Waals surface area contributed by atoms with Gasteiger partial charge in [0, 0.05) is 13.1 Å². The average Bonchev–Trinajstić information content (AvgIpc) is 2.66. The molecular weight excluding hydrogens is 246 g/mol. The number of anilines is 1. The van der Waals surface area contributed by atoms with E-state index in [-0.39, 0.29) is 6.04 Å². The number of rotatable bonds is 5. The molecule has 0 fully saturated rings. The molecule has 2 aromatic rings. The summed E-state index contributed by atoms with van der Waals surface area (Å²) in [4.78, 5) is 0. The lowest BCUT2D eigenvalue weighted by molar-refractivity contribution is 0.731. The quantitative estimate of drug-likeness (QED) is 0.884. The van der Waals surface area contributed by atoms with E-state index in [2.05, 4.69) is 55.5 Å². The van der Waals surface area contributed by atoms with Crippen LogP contribution in [0.1, 0.15) is 48.8 Å². The van der Waals surface area contributed by atoms with Gasteiger partial charge in [0.05, 0.1) is 17.1 Å². The Hall–Kier alpha value is -1.77. The maximum atomic E-state index is 4.45. The van der Waals surface area contributed by atoms with Gasteiger partial charge in [-0.3, -0.25) is 4.68 Å². The van der Waals surface area contributed by atoms with Crippen LogP contribution in [0.2, 0.25) is 0 Å². The summed E-state index contributed by atoms with van der Waals surface area (Å²) in [6.45, 7) is 8.55. The number of aryl methyl sites for hydroxylation is 3. The summed E-state index contributed by atoms with van der Waals surface area (Å²) in [6, 6.07) is 9.21. The molecule has 0 saturated carbocycles. The maximum Gasteiger partial charge on any atom is 0.0828 e. The zero-order valence-electron chi connectivity index (χ0n) is 13.2. The van der Waals surface area contributed by atoms with Gasteiger partial charge in [0.25, 0.3) is 0 Å². The van der Waals surface area contributed by atoms with Gasteiger partial charge < -0.3 is 5.32 Å². The monoisotopic (exact) mass is 271 g/mol. The first kappa shape index (κ1) is 14.6. The molecule has 3 heteroatoms. The lowest BCUT2D eigenvalue weighted by Gasteiger charge is -2.16. The average molecular weight is 271 g/mol. The van der Waals surface area contributed by atoms with Crippen LogP contribution in [0.15, 0.2) is 24.3 Å². The van der Waals surface area contributed by atoms with E-state index in [9.17, 15) is 0 Å². The van der Waals surface area contributed by atoms with E-state index in [0.29, 0.717) is 0 Å². The summed E-state index contributed by atoms with van der Waals surface area (Å²) in [6.07, 6.45) is 2.35. The summed E-state index contributed by atoms with van der Waals surface area (Å²) in [5.41, 5.74) is 6.11. The van der Waals surface area contributed by atoms with Crippen molar-refractivity contribution in [2.45, 2.75) is 46.6 Å². The lowest BCUT2D eigenvalue weighted by Crippen LogP contribution is -2.08. The molecule has 2 rings (SSSR count). The molecule has 20 heavy (non-hydrogen) atoms. The first-order valence-corrected chi connectivity index (χ1v) is 7.38. The fourth-order valence-electron chi connectivity index (χ4n) is 2.54. The van der Waals surface area contributed by atoms with E-state index >= 15 is 0 Å². The highest BCUT2D eigenvalue weighted by atomic mass is 15.3. The summed E-state index contributed by atoms with van der Waals surface area (Å²) >= 11 is 0. The van der Waals surface area contributed by atoms with E-state index in [1.165, 1.54) is 23.2 Å². The van der Waals surface area contributed by atoms with Gasteiger partial charge in [0.2, 0.25) is 0 Å². The number of benzene rings is 1. The molecule has 0 bridgehead atoms. The number of hydrogen-bond donors (Lipinski definition) is 1. The fourth-order valence-corrected chi connectivity index (χ4v) is 2.54. The van der Waals surface area contributed by atoms with Crippen LogP contribution in [-0.2, 0) is 13.5 Å². The SMILES string of the molecule is CCCc1ccc(C(C)Nc2c(C)nn(C)c2C)cc1. The van der Waals surface area contributed by atoms with Gasteiger partial charge in [0.1, 0.15) is 0 Å². The molecule has 0 aliphatic rings. The maximum absolute atomic E-state index is 4.45. The van der Waals surface area contributed by atoms with E-state index in [1.54, 1.807) is 0 Å². The zero-order valence-corrected chi connectivity index (χ0v) is 13.2. The van der Waals surface area contributed by atoms with E-state index in [1.807, 2.05) is 18.7 Å². The number of hydrogen-bond acceptors (Lipinski definition) is 2. The van der Waals surface area contributed by atoms with Crippen LogP contribution in [0.4, 0.5) is 5.69 Å². The zero-order chi connectivity index (χ0) is 14.7. The Morgan fingerprint density at radius 1 is 1.20 bits per heavy atom. The smallest absolute Gasteiger partial charge is 0.0828 e. The van der Waals surface area contributed by atoms with Crippen molar-refractivity contribution in [1.82, 2.24) is 9.78 Å². The number of aromatic nitrogens is 2. The van der Waals surface area contributed by atoms with Gasteiger partial charge in [-0.15, -0.1) is 0 Å². The van der Waals surface area contributed by atoms with Crippen LogP contribution >= 0.6 is 0 Å². The molecule has 0 saturated heterocycles. The summed E-state index contributed by atoms with van der Waals surface area (Å²) in [5, 5.41) is 8.03. The summed E-state index contributed by atoms with van der Waals surface area (Å²) in [5.74, 6) is 0. The van der Waals surface area contributed by atoms with Crippen LogP contribution in [0.25, 0.3) is 0 Å². The van der Waals surface area contributed by atoms with Crippen LogP contribution in [0.5, 0.6) is 0 Å². The molecule has 1 aromatic carbocycles. The predicted octanol–water partition coefficient (Wildman–Crippen LogP) is 4.16. The van der Waals surface area contributed by atoms with Gasteiger partial charge in [-0.2, -0.15) is 5.10 Å². The van der Waals surface area contributed by atoms with Crippen molar-refractivity contribution in [3.05, 3.63) is 46.8 Å². The second-order valence-electron chi connectivity index (χ2n) is 5.53. The lowest BCUT2D eigenvalue weighted by atomic mass is 10.0. The highest BCUT2D eigenvalue weighted by Crippen LogP contribution is 2.25. The molecule has 108 valence electrons. The number of nitrogens with one attached hydrogen (secondary N) is 1.